The van der Waals surface area contributed by atoms with Gasteiger partial charge in [0.05, 0.1) is 31.9 Å². The smallest absolute Gasteiger partial charge is 0.282 e. The van der Waals surface area contributed by atoms with Gasteiger partial charge >= 0.3 is 0 Å². The van der Waals surface area contributed by atoms with E-state index in [2.05, 4.69) is 28.2 Å². The van der Waals surface area contributed by atoms with Crippen LogP contribution >= 0.6 is 0 Å². The van der Waals surface area contributed by atoms with E-state index in [4.69, 9.17) is 20.9 Å². The third-order valence-electron chi connectivity index (χ3n) is 10.2. The maximum atomic E-state index is 14.1. The van der Waals surface area contributed by atoms with Crippen LogP contribution in [0.1, 0.15) is 105 Å². The highest BCUT2D eigenvalue weighted by Crippen LogP contribution is 2.28. The van der Waals surface area contributed by atoms with E-state index in [-0.39, 0.29) is 19.1 Å². The van der Waals surface area contributed by atoms with E-state index in [0.29, 0.717) is 32.1 Å². The van der Waals surface area contributed by atoms with Crippen LogP contribution in [-0.2, 0) is 28.7 Å². The van der Waals surface area contributed by atoms with Crippen LogP contribution in [0.4, 0.5) is 8.78 Å². The van der Waals surface area contributed by atoms with E-state index in [0.717, 1.165) is 44.9 Å². The van der Waals surface area contributed by atoms with Crippen molar-refractivity contribution in [3.8, 4) is 0 Å². The SMILES string of the molecule is CCCCCC[C@H]1OC[C@@H](C)NC(=O)[C@H](COCC(F)(F)CN)NC(=O)[C@H](CN)NC(=O)[C@H](C2CCCCC2)NC(=O)[C@H](CCC)N(C)C(O)[C@@H]1C. The van der Waals surface area contributed by atoms with Crippen molar-refractivity contribution >= 4 is 23.6 Å². The van der Waals surface area contributed by atoms with E-state index in [1.165, 1.54) is 0 Å². The summed E-state index contributed by atoms with van der Waals surface area (Å²) in [5, 5.41) is 22.6. The molecule has 16 heteroatoms. The van der Waals surface area contributed by atoms with Crippen molar-refractivity contribution in [3.05, 3.63) is 0 Å². The monoisotopic (exact) mass is 748 g/mol. The van der Waals surface area contributed by atoms with Crippen molar-refractivity contribution in [2.75, 3.05) is 40.0 Å². The molecule has 14 nitrogen and oxygen atoms in total. The lowest BCUT2D eigenvalue weighted by molar-refractivity contribution is -0.142. The number of amides is 4. The number of nitrogens with two attached hydrogens (primary N) is 2. The topological polar surface area (TPSA) is 210 Å². The van der Waals surface area contributed by atoms with Crippen molar-refractivity contribution in [3.63, 3.8) is 0 Å². The first-order valence-electron chi connectivity index (χ1n) is 19.3. The molecule has 302 valence electrons. The number of nitrogens with zero attached hydrogens (tertiary/aromatic N) is 1. The third kappa shape index (κ3) is 14.7. The van der Waals surface area contributed by atoms with E-state index < -0.39 is 97.8 Å². The quantitative estimate of drug-likeness (QED) is 0.127. The fourth-order valence-corrected chi connectivity index (χ4v) is 6.91. The summed E-state index contributed by atoms with van der Waals surface area (Å²) in [5.74, 6) is -6.57. The van der Waals surface area contributed by atoms with E-state index in [1.807, 2.05) is 13.8 Å². The summed E-state index contributed by atoms with van der Waals surface area (Å²) in [5.41, 5.74) is 11.1. The van der Waals surface area contributed by atoms with Crippen LogP contribution in [0.25, 0.3) is 0 Å². The lowest BCUT2D eigenvalue weighted by Crippen LogP contribution is -2.62. The lowest BCUT2D eigenvalue weighted by atomic mass is 9.83. The molecule has 1 aliphatic carbocycles. The van der Waals surface area contributed by atoms with Crippen LogP contribution in [0.15, 0.2) is 0 Å². The maximum Gasteiger partial charge on any atom is 0.282 e. The summed E-state index contributed by atoms with van der Waals surface area (Å²) in [6.45, 7) is 4.66. The van der Waals surface area contributed by atoms with Gasteiger partial charge in [0.25, 0.3) is 5.92 Å². The molecule has 1 heterocycles. The number of halogens is 2. The van der Waals surface area contributed by atoms with E-state index in [9.17, 15) is 33.1 Å². The normalized spacial score (nSPS) is 30.3. The second-order valence-electron chi connectivity index (χ2n) is 14.7. The number of aliphatic hydroxyl groups excluding tert-OH is 1. The summed E-state index contributed by atoms with van der Waals surface area (Å²) >= 11 is 0. The zero-order chi connectivity index (χ0) is 38.8. The molecule has 8 atom stereocenters. The second-order valence-corrected chi connectivity index (χ2v) is 14.7. The molecule has 2 aliphatic rings. The number of hydrogen-bond donors (Lipinski definition) is 7. The Labute approximate surface area is 308 Å². The van der Waals surface area contributed by atoms with Crippen LogP contribution in [0.5, 0.6) is 0 Å². The molecular formula is C36H67F2N7O7. The molecule has 0 aromatic heterocycles. The number of unbranched alkanes of at least 4 members (excludes halogenated alkanes) is 3. The Morgan fingerprint density at radius 3 is 2.13 bits per heavy atom. The van der Waals surface area contributed by atoms with Crippen LogP contribution < -0.4 is 32.7 Å². The largest absolute Gasteiger partial charge is 0.378 e. The van der Waals surface area contributed by atoms with Crippen molar-refractivity contribution in [2.45, 2.75) is 153 Å². The zero-order valence-electron chi connectivity index (χ0n) is 32.0. The number of rotatable bonds is 14. The molecule has 52 heavy (non-hydrogen) atoms. The average molecular weight is 748 g/mol. The second kappa shape index (κ2) is 23.3. The predicted molar refractivity (Wildman–Crippen MR) is 194 cm³/mol. The zero-order valence-corrected chi connectivity index (χ0v) is 32.0. The molecule has 1 aliphatic heterocycles. The maximum absolute atomic E-state index is 14.1. The Bertz CT molecular complexity index is 1100. The summed E-state index contributed by atoms with van der Waals surface area (Å²) < 4.78 is 39.2. The number of ether oxygens (including phenoxy) is 2. The van der Waals surface area contributed by atoms with Crippen LogP contribution in [0, 0.1) is 11.8 Å². The minimum Gasteiger partial charge on any atom is -0.378 e. The molecule has 1 unspecified atom stereocenters. The Balaban J connectivity index is 2.52. The van der Waals surface area contributed by atoms with E-state index in [1.54, 1.807) is 18.9 Å². The van der Waals surface area contributed by atoms with Crippen LogP contribution in [0.2, 0.25) is 0 Å². The number of likely N-dealkylation sites (N-methyl/N-ethyl adjacent to an activating group) is 1. The molecule has 1 saturated heterocycles. The minimum absolute atomic E-state index is 0.0428. The molecule has 0 spiro atoms. The summed E-state index contributed by atoms with van der Waals surface area (Å²) in [6.07, 6.45) is 8.20. The van der Waals surface area contributed by atoms with Gasteiger partial charge in [-0.05, 0) is 45.6 Å². The van der Waals surface area contributed by atoms with Gasteiger partial charge in [-0.3, -0.25) is 24.1 Å². The number of carbonyl (C=O) groups is 4. The van der Waals surface area contributed by atoms with Crippen LogP contribution in [-0.4, -0.2) is 122 Å². The van der Waals surface area contributed by atoms with E-state index >= 15 is 0 Å². The standard InChI is InChI=1S/C36H67F2N7O7/c1-6-8-9-13-17-29-24(4)35(50)45(5)28(14-7-2)33(48)44-30(25-15-11-10-12-16-25)34(49)42-26(18-39)31(46)43-27(20-51-22-36(37,38)21-40)32(47)41-23(3)19-52-29/h23-30,35,50H,6-22,39-40H2,1-5H3,(H,41,47)(H,42,49)(H,43,46)(H,44,48)/t23-,24-,26+,27+,28+,29-,30+,35?/m1/s1. The minimum atomic E-state index is -3.35. The molecule has 2 fully saturated rings. The van der Waals surface area contributed by atoms with Gasteiger partial charge in [-0.15, -0.1) is 0 Å². The van der Waals surface area contributed by atoms with Gasteiger partial charge in [0.1, 0.15) is 31.0 Å². The summed E-state index contributed by atoms with van der Waals surface area (Å²) in [7, 11) is 1.69. The lowest BCUT2D eigenvalue weighted by Gasteiger charge is -2.38. The van der Waals surface area contributed by atoms with Gasteiger partial charge in [0, 0.05) is 18.5 Å². The fraction of sp³-hybridized carbons (Fsp3) is 0.889. The Kier molecular flexibility index (Phi) is 20.5. The van der Waals surface area contributed by atoms with Gasteiger partial charge in [-0.2, -0.15) is 0 Å². The number of hydrogen-bond acceptors (Lipinski definition) is 10. The number of aliphatic hydroxyl groups is 1. The first-order chi connectivity index (χ1) is 24.7. The Morgan fingerprint density at radius 1 is 0.865 bits per heavy atom. The molecule has 4 amide bonds. The van der Waals surface area contributed by atoms with Gasteiger partial charge in [-0.25, -0.2) is 8.78 Å². The number of nitrogens with one attached hydrogen (secondary N) is 4. The summed E-state index contributed by atoms with van der Waals surface area (Å²) in [4.78, 5) is 56.6. The molecule has 0 aromatic rings. The average Bonchev–Trinajstić information content (AvgIpc) is 3.12. The predicted octanol–water partition coefficient (Wildman–Crippen LogP) is 1.52. The molecule has 0 bridgehead atoms. The van der Waals surface area contributed by atoms with Crippen molar-refractivity contribution < 1.29 is 42.5 Å². The number of carbonyl (C=O) groups excluding carboxylic acids is 4. The Hall–Kier alpha value is -2.50. The first kappa shape index (κ1) is 45.7. The van der Waals surface area contributed by atoms with Crippen molar-refractivity contribution in [1.29, 1.82) is 0 Å². The molecule has 0 radical (unpaired) electrons. The van der Waals surface area contributed by atoms with Crippen molar-refractivity contribution in [2.24, 2.45) is 23.3 Å². The molecular weight excluding hydrogens is 680 g/mol. The van der Waals surface area contributed by atoms with Crippen LogP contribution in [0.3, 0.4) is 0 Å². The van der Waals surface area contributed by atoms with Gasteiger partial charge in [-0.1, -0.05) is 72.1 Å². The Morgan fingerprint density at radius 2 is 1.52 bits per heavy atom. The van der Waals surface area contributed by atoms with Gasteiger partial charge < -0.3 is 47.3 Å². The number of alkyl halides is 2. The highest BCUT2D eigenvalue weighted by atomic mass is 19.3. The van der Waals surface area contributed by atoms with Gasteiger partial charge in [0.2, 0.25) is 23.6 Å². The van der Waals surface area contributed by atoms with Crippen molar-refractivity contribution in [1.82, 2.24) is 26.2 Å². The molecule has 1 saturated carbocycles. The molecule has 2 rings (SSSR count). The molecule has 9 N–H and O–H groups in total. The summed E-state index contributed by atoms with van der Waals surface area (Å²) in [6, 6.07) is -5.10. The highest BCUT2D eigenvalue weighted by molar-refractivity contribution is 5.95. The highest BCUT2D eigenvalue weighted by Gasteiger charge is 2.39. The third-order valence-corrected chi connectivity index (χ3v) is 10.2. The first-order valence-corrected chi connectivity index (χ1v) is 19.3. The molecule has 0 aromatic carbocycles. The van der Waals surface area contributed by atoms with Gasteiger partial charge in [0.15, 0.2) is 0 Å². The fourth-order valence-electron chi connectivity index (χ4n) is 6.91.